The fraction of sp³-hybridized carbons (Fsp3) is 0.789. The Kier molecular flexibility index (Phi) is 19.7. The molecule has 1 fully saturated rings. The van der Waals surface area contributed by atoms with Crippen molar-refractivity contribution in [2.24, 2.45) is 0 Å². The average Bonchev–Trinajstić information content (AvgIpc) is 3.37. The predicted molar refractivity (Wildman–Crippen MR) is 186 cm³/mol. The maximum absolute atomic E-state index is 12.9. The average molecular weight is 661 g/mol. The van der Waals surface area contributed by atoms with Gasteiger partial charge >= 0.3 is 12.2 Å². The molecule has 1 aliphatic rings. The third kappa shape index (κ3) is 16.8. The van der Waals surface area contributed by atoms with Gasteiger partial charge in [-0.2, -0.15) is 0 Å². The number of rotatable bonds is 24. The summed E-state index contributed by atoms with van der Waals surface area (Å²) in [7, 11) is 0. The molecule has 0 radical (unpaired) electrons. The van der Waals surface area contributed by atoms with Crippen LogP contribution in [0.5, 0.6) is 0 Å². The van der Waals surface area contributed by atoms with Gasteiger partial charge in [-0.1, -0.05) is 109 Å². The molecular formula is C38H66N3O6+. The third-order valence-electron chi connectivity index (χ3n) is 9.28. The van der Waals surface area contributed by atoms with Gasteiger partial charge in [0, 0.05) is 25.6 Å². The van der Waals surface area contributed by atoms with E-state index >= 15 is 0 Å². The van der Waals surface area contributed by atoms with E-state index in [1.807, 2.05) is 49.7 Å². The zero-order chi connectivity index (χ0) is 34.4. The van der Waals surface area contributed by atoms with Crippen molar-refractivity contribution >= 4 is 18.1 Å². The number of amides is 3. The number of hydrogen-bond acceptors (Lipinski definition) is 6. The summed E-state index contributed by atoms with van der Waals surface area (Å²) >= 11 is 0. The van der Waals surface area contributed by atoms with Crippen molar-refractivity contribution in [3.8, 4) is 0 Å². The molecule has 0 spiro atoms. The smallest absolute Gasteiger partial charge is 0.417 e. The van der Waals surface area contributed by atoms with E-state index in [1.165, 1.54) is 96.8 Å². The van der Waals surface area contributed by atoms with Crippen molar-refractivity contribution < 1.29 is 33.2 Å². The highest BCUT2D eigenvalue weighted by atomic mass is 16.6. The Balaban J connectivity index is 1.53. The summed E-state index contributed by atoms with van der Waals surface area (Å²) in [5.41, 5.74) is -0.580. The number of carbonyl (C=O) groups excluding carboxylic acids is 3. The van der Waals surface area contributed by atoms with Crippen LogP contribution in [0.3, 0.4) is 0 Å². The lowest BCUT2D eigenvalue weighted by molar-refractivity contribution is -0.701. The van der Waals surface area contributed by atoms with Gasteiger partial charge in [0.1, 0.15) is 37.5 Å². The monoisotopic (exact) mass is 660 g/mol. The van der Waals surface area contributed by atoms with Crippen LogP contribution < -0.4 is 9.88 Å². The molecule has 2 heterocycles. The van der Waals surface area contributed by atoms with E-state index < -0.39 is 23.4 Å². The predicted octanol–water partition coefficient (Wildman–Crippen LogP) is 8.79. The number of unbranched alkanes of at least 4 members (excludes halogenated alkanes) is 15. The van der Waals surface area contributed by atoms with Crippen molar-refractivity contribution in [2.75, 3.05) is 19.8 Å². The Morgan fingerprint density at radius 1 is 0.787 bits per heavy atom. The summed E-state index contributed by atoms with van der Waals surface area (Å²) in [5.74, 6) is -0.386. The number of nitrogens with zero attached hydrogens (tertiary/aromatic N) is 2. The van der Waals surface area contributed by atoms with E-state index in [1.54, 1.807) is 0 Å². The summed E-state index contributed by atoms with van der Waals surface area (Å²) in [4.78, 5) is 38.6. The molecule has 9 nitrogen and oxygen atoms in total. The van der Waals surface area contributed by atoms with Crippen LogP contribution in [0.4, 0.5) is 9.59 Å². The minimum absolute atomic E-state index is 0.000772. The number of imide groups is 1. The van der Waals surface area contributed by atoms with Crippen LogP contribution in [0.2, 0.25) is 0 Å². The van der Waals surface area contributed by atoms with E-state index in [2.05, 4.69) is 12.2 Å². The Hall–Kier alpha value is -2.68. The zero-order valence-corrected chi connectivity index (χ0v) is 30.4. The Bertz CT molecular complexity index is 1050. The lowest BCUT2D eigenvalue weighted by Crippen LogP contribution is -2.44. The van der Waals surface area contributed by atoms with E-state index in [9.17, 15) is 14.4 Å². The molecule has 2 atom stereocenters. The molecule has 3 amide bonds. The number of aryl methyl sites for hydroxylation is 1. The summed E-state index contributed by atoms with van der Waals surface area (Å²) < 4.78 is 19.3. The Labute approximate surface area is 285 Å². The molecule has 1 aliphatic heterocycles. The lowest BCUT2D eigenvalue weighted by Gasteiger charge is -2.30. The van der Waals surface area contributed by atoms with Gasteiger partial charge in [0.05, 0.1) is 0 Å². The highest BCUT2D eigenvalue weighted by Gasteiger charge is 2.45. The van der Waals surface area contributed by atoms with Crippen LogP contribution in [-0.2, 0) is 32.1 Å². The van der Waals surface area contributed by atoms with Crippen LogP contribution >= 0.6 is 0 Å². The van der Waals surface area contributed by atoms with Gasteiger partial charge in [-0.25, -0.2) is 19.1 Å². The van der Waals surface area contributed by atoms with Crippen LogP contribution in [0.1, 0.15) is 156 Å². The maximum Gasteiger partial charge on any atom is 0.417 e. The van der Waals surface area contributed by atoms with Gasteiger partial charge in [-0.3, -0.25) is 4.79 Å². The number of ether oxygens (including phenoxy) is 3. The van der Waals surface area contributed by atoms with Crippen LogP contribution in [0, 0.1) is 0 Å². The van der Waals surface area contributed by atoms with E-state index in [-0.39, 0.29) is 25.7 Å². The Morgan fingerprint density at radius 2 is 1.30 bits per heavy atom. The first-order valence-electron chi connectivity index (χ1n) is 18.6. The zero-order valence-electron chi connectivity index (χ0n) is 30.4. The second kappa shape index (κ2) is 22.8. The van der Waals surface area contributed by atoms with E-state index in [0.29, 0.717) is 19.4 Å². The minimum Gasteiger partial charge on any atom is -0.447 e. The van der Waals surface area contributed by atoms with Crippen LogP contribution in [0.15, 0.2) is 24.4 Å². The minimum atomic E-state index is -0.740. The highest BCUT2D eigenvalue weighted by Crippen LogP contribution is 2.38. The largest absolute Gasteiger partial charge is 0.447 e. The number of alkyl carbamates (subject to hydrolysis) is 1. The first-order chi connectivity index (χ1) is 22.6. The summed E-state index contributed by atoms with van der Waals surface area (Å²) in [5, 5.41) is 2.86. The molecule has 0 aliphatic carbocycles. The second-order valence-corrected chi connectivity index (χ2v) is 13.9. The molecule has 9 heteroatoms. The molecular weight excluding hydrogens is 594 g/mol. The van der Waals surface area contributed by atoms with E-state index in [4.69, 9.17) is 14.2 Å². The van der Waals surface area contributed by atoms with Gasteiger partial charge in [-0.15, -0.1) is 0 Å². The second-order valence-electron chi connectivity index (χ2n) is 13.9. The summed E-state index contributed by atoms with van der Waals surface area (Å²) in [6, 6.07) is 5.67. The molecule has 1 aromatic rings. The van der Waals surface area contributed by atoms with Crippen molar-refractivity contribution in [1.82, 2.24) is 10.2 Å². The van der Waals surface area contributed by atoms with E-state index in [0.717, 1.165) is 30.0 Å². The molecule has 47 heavy (non-hydrogen) atoms. The van der Waals surface area contributed by atoms with Crippen molar-refractivity contribution in [3.05, 3.63) is 30.1 Å². The third-order valence-corrected chi connectivity index (χ3v) is 9.28. The normalized spacial score (nSPS) is 19.0. The fourth-order valence-corrected chi connectivity index (χ4v) is 6.28. The molecule has 1 aromatic heterocycles. The summed E-state index contributed by atoms with van der Waals surface area (Å²) in [6.07, 6.45) is 23.2. The van der Waals surface area contributed by atoms with Gasteiger partial charge in [0.2, 0.25) is 11.6 Å². The fourth-order valence-electron chi connectivity index (χ4n) is 6.28. The molecule has 0 bridgehead atoms. The number of pyridine rings is 1. The maximum atomic E-state index is 12.9. The Morgan fingerprint density at radius 3 is 1.81 bits per heavy atom. The SMILES string of the molecule is CCCCCCCCCCCCCCCCCCNC(=O)OC[C@@]1(C)CC[C@@](C)(COC(=O)N(Cc2cccc[n+]2CC)C(C)=O)O1. The first kappa shape index (κ1) is 40.5. The number of hydrogen-bond donors (Lipinski definition) is 1. The van der Waals surface area contributed by atoms with Crippen molar-refractivity contribution in [3.63, 3.8) is 0 Å². The number of carbonyl (C=O) groups is 3. The molecule has 0 aromatic carbocycles. The van der Waals surface area contributed by atoms with Crippen LogP contribution in [-0.4, -0.2) is 54.0 Å². The van der Waals surface area contributed by atoms with Gasteiger partial charge in [-0.05, 0) is 40.0 Å². The molecule has 1 saturated heterocycles. The first-order valence-corrected chi connectivity index (χ1v) is 18.6. The van der Waals surface area contributed by atoms with Crippen LogP contribution in [0.25, 0.3) is 0 Å². The molecule has 2 rings (SSSR count). The number of aromatic nitrogens is 1. The van der Waals surface area contributed by atoms with Crippen molar-refractivity contribution in [1.29, 1.82) is 0 Å². The summed E-state index contributed by atoms with van der Waals surface area (Å²) in [6.45, 7) is 11.0. The van der Waals surface area contributed by atoms with Gasteiger partial charge in [0.25, 0.3) is 0 Å². The van der Waals surface area contributed by atoms with Gasteiger partial charge in [0.15, 0.2) is 6.20 Å². The number of nitrogens with one attached hydrogen (secondary N) is 1. The highest BCUT2D eigenvalue weighted by molar-refractivity contribution is 5.90. The molecule has 0 saturated carbocycles. The molecule has 0 unspecified atom stereocenters. The molecule has 268 valence electrons. The lowest BCUT2D eigenvalue weighted by atomic mass is 9.99. The van der Waals surface area contributed by atoms with Gasteiger partial charge < -0.3 is 19.5 Å². The quantitative estimate of drug-likeness (QED) is 0.0879. The molecule has 1 N–H and O–H groups in total. The topological polar surface area (TPSA) is 98.0 Å². The standard InChI is InChI=1S/C38H65N3O6/c1-6-8-9-10-11-12-13-14-15-16-17-18-19-20-21-23-28-39-35(43)45-31-37(4)26-27-38(5,47-37)32-46-36(44)41(33(3)42)30-34-25-22-24-29-40(34)7-2/h22,24-25,29H,6-21,23,26-28,30-32H2,1-5H3/p+1/t37-,38+/m1/s1. The van der Waals surface area contributed by atoms with Crippen molar-refractivity contribution in [2.45, 2.75) is 174 Å².